The Morgan fingerprint density at radius 3 is 1.58 bits per heavy atom. The zero-order valence-corrected chi connectivity index (χ0v) is 50.3. The summed E-state index contributed by atoms with van der Waals surface area (Å²) in [5.74, 6) is 1.45. The number of carbonyl (C=O) groups excluding carboxylic acids is 4. The minimum Gasteiger partial charge on any atom is -0.348 e. The number of H-pyrrole nitrogens is 2. The van der Waals surface area contributed by atoms with Crippen LogP contribution in [0.25, 0.3) is 44.3 Å². The van der Waals surface area contributed by atoms with Crippen molar-refractivity contribution in [1.29, 1.82) is 0 Å². The van der Waals surface area contributed by atoms with E-state index in [-0.39, 0.29) is 34.0 Å². The summed E-state index contributed by atoms with van der Waals surface area (Å²) in [5.41, 5.74) is 9.67. The first-order chi connectivity index (χ1) is 39.4. The summed E-state index contributed by atoms with van der Waals surface area (Å²) in [6.07, 6.45) is 17.4. The molecule has 8 aromatic rings. The number of aryl methyl sites for hydroxylation is 2. The molecule has 0 unspecified atom stereocenters. The van der Waals surface area contributed by atoms with Gasteiger partial charge >= 0.3 is 0 Å². The Kier molecular flexibility index (Phi) is 19.1. The SMILES string of the molecule is CS[C@@]1(C(=O)Cc2ccc3[nH]nc(-c4ccnc(C)c4)c3c2)CCN(CC(=O)C2CCN(c3nccs3)CC2)C1.CS[C@@]1(C(=O)Cc2ccc3[nH]nc(-c4ccnc(C)c4)c3c2)CCNC1.O=C(CCl)C1CCN(c2nccs2)CC1. The number of aromatic amines is 2. The molecule has 4 aliphatic heterocycles. The van der Waals surface area contributed by atoms with E-state index in [1.54, 1.807) is 58.6 Å². The van der Waals surface area contributed by atoms with E-state index in [9.17, 15) is 19.2 Å². The van der Waals surface area contributed by atoms with Crippen molar-refractivity contribution in [2.75, 3.05) is 87.1 Å². The van der Waals surface area contributed by atoms with Crippen molar-refractivity contribution in [3.8, 4) is 22.5 Å². The maximum atomic E-state index is 13.7. The van der Waals surface area contributed by atoms with Gasteiger partial charge in [-0.15, -0.1) is 57.8 Å². The number of alkyl halides is 1. The first-order valence-electron chi connectivity index (χ1n) is 27.7. The number of anilines is 2. The van der Waals surface area contributed by atoms with Gasteiger partial charge in [0.1, 0.15) is 17.2 Å². The lowest BCUT2D eigenvalue weighted by Crippen LogP contribution is -2.42. The van der Waals surface area contributed by atoms with E-state index in [4.69, 9.17) is 11.6 Å². The summed E-state index contributed by atoms with van der Waals surface area (Å²) in [6, 6.07) is 20.2. The zero-order valence-electron chi connectivity index (χ0n) is 46.3. The van der Waals surface area contributed by atoms with E-state index >= 15 is 0 Å². The monoisotopic (exact) mass is 1180 g/mol. The second kappa shape index (κ2) is 26.6. The third-order valence-electron chi connectivity index (χ3n) is 16.3. The first kappa shape index (κ1) is 58.3. The van der Waals surface area contributed by atoms with Gasteiger partial charge in [-0.3, -0.25) is 44.2 Å². The van der Waals surface area contributed by atoms with Gasteiger partial charge in [-0.25, -0.2) is 9.97 Å². The number of nitrogens with zero attached hydrogens (tertiary/aromatic N) is 9. The van der Waals surface area contributed by atoms with Crippen LogP contribution >= 0.6 is 57.8 Å². The van der Waals surface area contributed by atoms with E-state index < -0.39 is 4.75 Å². The van der Waals surface area contributed by atoms with Crippen molar-refractivity contribution >= 4 is 113 Å². The van der Waals surface area contributed by atoms with Crippen LogP contribution < -0.4 is 15.1 Å². The number of hydrogen-bond acceptors (Lipinski definition) is 18. The van der Waals surface area contributed by atoms with Gasteiger partial charge in [-0.2, -0.15) is 10.2 Å². The number of thioether (sulfide) groups is 2. The Balaban J connectivity index is 0.000000153. The minimum absolute atomic E-state index is 0.0938. The van der Waals surface area contributed by atoms with Gasteiger partial charge in [-0.05, 0) is 131 Å². The quantitative estimate of drug-likeness (QED) is 0.0727. The number of thiazole rings is 2. The summed E-state index contributed by atoms with van der Waals surface area (Å²) in [7, 11) is 0. The van der Waals surface area contributed by atoms with Crippen molar-refractivity contribution in [1.82, 2.24) is 50.5 Å². The van der Waals surface area contributed by atoms with Crippen LogP contribution in [-0.2, 0) is 32.0 Å². The fourth-order valence-electron chi connectivity index (χ4n) is 11.5. The molecule has 2 aromatic carbocycles. The predicted octanol–water partition coefficient (Wildman–Crippen LogP) is 10.1. The molecule has 0 amide bonds. The van der Waals surface area contributed by atoms with Gasteiger partial charge in [-0.1, -0.05) is 12.1 Å². The molecule has 0 aliphatic carbocycles. The molecule has 16 nitrogen and oxygen atoms in total. The van der Waals surface area contributed by atoms with Crippen molar-refractivity contribution in [3.63, 3.8) is 0 Å². The van der Waals surface area contributed by atoms with Crippen molar-refractivity contribution in [2.24, 2.45) is 11.8 Å². The molecule has 3 N–H and O–H groups in total. The van der Waals surface area contributed by atoms with Crippen LogP contribution in [0.15, 0.2) is 96.2 Å². The van der Waals surface area contributed by atoms with Crippen LogP contribution in [0, 0.1) is 25.7 Å². The van der Waals surface area contributed by atoms with Gasteiger partial charge in [0.2, 0.25) is 0 Å². The van der Waals surface area contributed by atoms with Gasteiger partial charge in [0.15, 0.2) is 27.6 Å². The van der Waals surface area contributed by atoms with E-state index in [1.807, 2.05) is 98.0 Å². The molecular weight excluding hydrogens is 1120 g/mol. The topological polar surface area (TPSA) is 199 Å². The van der Waals surface area contributed by atoms with E-state index in [0.717, 1.165) is 161 Å². The predicted molar refractivity (Wildman–Crippen MR) is 331 cm³/mol. The highest BCUT2D eigenvalue weighted by molar-refractivity contribution is 8.01. The van der Waals surface area contributed by atoms with Crippen molar-refractivity contribution < 1.29 is 19.2 Å². The molecule has 0 radical (unpaired) electrons. The van der Waals surface area contributed by atoms with Gasteiger partial charge in [0.25, 0.3) is 0 Å². The molecule has 6 aromatic heterocycles. The number of piperidine rings is 2. The van der Waals surface area contributed by atoms with Gasteiger partial charge < -0.3 is 15.1 Å². The minimum atomic E-state index is -0.481. The third-order valence-corrected chi connectivity index (χ3v) is 21.0. The molecule has 2 atom stereocenters. The van der Waals surface area contributed by atoms with Crippen LogP contribution in [0.4, 0.5) is 10.3 Å². The Labute approximate surface area is 494 Å². The highest BCUT2D eigenvalue weighted by atomic mass is 35.5. The van der Waals surface area contributed by atoms with Crippen LogP contribution in [0.5, 0.6) is 0 Å². The molecular formula is C60H69ClN12O4S4. The smallest absolute Gasteiger partial charge is 0.185 e. The molecule has 424 valence electrons. The zero-order chi connectivity index (χ0) is 56.5. The largest absolute Gasteiger partial charge is 0.348 e. The fourth-order valence-corrected chi connectivity index (χ4v) is 14.9. The summed E-state index contributed by atoms with van der Waals surface area (Å²) < 4.78 is -0.763. The number of fused-ring (bicyclic) bond motifs is 2. The Morgan fingerprint density at radius 2 is 1.14 bits per heavy atom. The normalized spacial score (nSPS) is 19.8. The standard InChI is InChI=1S/C30H34N6O2S2.C20H22N4OS.C10H13ClN2OS/c1-20-15-23(5-9-31-20)28-24-16-21(3-4-25(24)33-34-28)17-27(38)30(39-2)8-13-35(19-30)18-26(37)22-6-11-36(12-7-22)29-32-10-14-40-29;1-13-9-15(5-7-22-13)19-16-10-14(3-4-17(16)23-24-19)11-18(25)20(26-2)6-8-21-12-20;11-7-9(14)8-1-4-13(5-2-8)10-12-3-6-15-10/h3-5,9-10,14-16,22H,6-8,11-13,17-19H2,1-2H3,(H,33,34);3-5,7,9-10,21H,6,8,11-12H2,1-2H3,(H,23,24);3,6,8H,1-2,4-5,7H2/t30-;20-;/m00./s1. The van der Waals surface area contributed by atoms with Gasteiger partial charge in [0.05, 0.1) is 33.0 Å². The molecule has 21 heteroatoms. The average Bonchev–Trinajstić information content (AvgIpc) is 4.40. The van der Waals surface area contributed by atoms with E-state index in [2.05, 4.69) is 72.5 Å². The highest BCUT2D eigenvalue weighted by Crippen LogP contribution is 2.38. The number of Topliss-reactive ketones (excluding diaryl/α,β-unsaturated/α-hetero) is 4. The van der Waals surface area contributed by atoms with Crippen molar-refractivity contribution in [3.05, 3.63) is 119 Å². The second-order valence-corrected chi connectivity index (χ2v) is 25.9. The number of benzene rings is 2. The lowest BCUT2D eigenvalue weighted by atomic mass is 9.92. The summed E-state index contributed by atoms with van der Waals surface area (Å²) in [6.45, 7) is 11.1. The number of likely N-dealkylation sites (tertiary alicyclic amines) is 1. The number of ketones is 4. The van der Waals surface area contributed by atoms with Crippen LogP contribution in [0.1, 0.15) is 61.0 Å². The lowest BCUT2D eigenvalue weighted by Gasteiger charge is -2.32. The molecule has 4 fully saturated rings. The molecule has 0 saturated carbocycles. The van der Waals surface area contributed by atoms with Crippen molar-refractivity contribution in [2.45, 2.75) is 74.7 Å². The molecule has 10 heterocycles. The van der Waals surface area contributed by atoms with Crippen LogP contribution in [0.2, 0.25) is 0 Å². The molecule has 81 heavy (non-hydrogen) atoms. The maximum Gasteiger partial charge on any atom is 0.185 e. The Morgan fingerprint density at radius 1 is 0.630 bits per heavy atom. The summed E-state index contributed by atoms with van der Waals surface area (Å²) in [5, 5.41) is 26.7. The number of aromatic nitrogens is 8. The lowest BCUT2D eigenvalue weighted by molar-refractivity contribution is -0.125. The summed E-state index contributed by atoms with van der Waals surface area (Å²) >= 11 is 12.2. The number of rotatable bonds is 17. The maximum absolute atomic E-state index is 13.7. The van der Waals surface area contributed by atoms with Gasteiger partial charge in [0, 0.05) is 139 Å². The number of hydrogen-bond donors (Lipinski definition) is 3. The molecule has 0 spiro atoms. The number of pyridine rings is 2. The average molecular weight is 1190 g/mol. The fraction of sp³-hybridized carbons (Fsp3) is 0.433. The first-order valence-corrected chi connectivity index (χ1v) is 32.4. The van der Waals surface area contributed by atoms with E-state index in [1.165, 1.54) is 0 Å². The number of carbonyl (C=O) groups is 4. The Hall–Kier alpha value is -5.87. The van der Waals surface area contributed by atoms with E-state index in [0.29, 0.717) is 37.5 Å². The van der Waals surface area contributed by atoms with Crippen LogP contribution in [-0.4, -0.2) is 155 Å². The molecule has 12 rings (SSSR count). The highest BCUT2D eigenvalue weighted by Gasteiger charge is 2.44. The molecule has 4 aliphatic rings. The molecule has 4 saturated heterocycles. The number of nitrogens with one attached hydrogen (secondary N) is 3. The second-order valence-electron chi connectivity index (χ2n) is 21.5. The van der Waals surface area contributed by atoms with Crippen LogP contribution in [0.3, 0.4) is 0 Å². The Bertz CT molecular complexity index is 3440. The number of halogens is 1. The summed E-state index contributed by atoms with van der Waals surface area (Å²) in [4.78, 5) is 75.2. The third kappa shape index (κ3) is 13.6. The molecule has 0 bridgehead atoms.